The van der Waals surface area contributed by atoms with Crippen molar-refractivity contribution in [3.05, 3.63) is 65.7 Å². The summed E-state index contributed by atoms with van der Waals surface area (Å²) >= 11 is 0. The predicted octanol–water partition coefficient (Wildman–Crippen LogP) is 3.08. The molecule has 5 nitrogen and oxygen atoms in total. The summed E-state index contributed by atoms with van der Waals surface area (Å²) in [5.74, 6) is 0.714. The zero-order chi connectivity index (χ0) is 20.1. The summed E-state index contributed by atoms with van der Waals surface area (Å²) < 4.78 is 14.2. The maximum Gasteiger partial charge on any atom is 0.191 e. The van der Waals surface area contributed by atoms with Crippen molar-refractivity contribution in [1.82, 2.24) is 20.5 Å². The first-order valence-corrected chi connectivity index (χ1v) is 10.5. The maximum atomic E-state index is 14.2. The van der Waals surface area contributed by atoms with E-state index in [0.29, 0.717) is 12.6 Å². The number of guanidine groups is 1. The third-order valence-electron chi connectivity index (χ3n) is 6.16. The minimum absolute atomic E-state index is 0.0883. The minimum Gasteiger partial charge on any atom is -0.356 e. The first-order valence-electron chi connectivity index (χ1n) is 10.5. The van der Waals surface area contributed by atoms with Crippen LogP contribution in [0.1, 0.15) is 36.9 Å². The van der Waals surface area contributed by atoms with E-state index in [1.807, 2.05) is 30.5 Å². The Morgan fingerprint density at radius 3 is 2.59 bits per heavy atom. The van der Waals surface area contributed by atoms with E-state index in [0.717, 1.165) is 62.5 Å². The summed E-state index contributed by atoms with van der Waals surface area (Å²) in [5, 5.41) is 7.00. The number of hydrogen-bond acceptors (Lipinski definition) is 3. The summed E-state index contributed by atoms with van der Waals surface area (Å²) in [6.07, 6.45) is 6.04. The highest BCUT2D eigenvalue weighted by molar-refractivity contribution is 5.80. The van der Waals surface area contributed by atoms with Crippen molar-refractivity contribution < 1.29 is 4.39 Å². The van der Waals surface area contributed by atoms with Crippen molar-refractivity contribution in [2.45, 2.75) is 43.7 Å². The van der Waals surface area contributed by atoms with Crippen LogP contribution in [0.25, 0.3) is 0 Å². The van der Waals surface area contributed by atoms with E-state index in [2.05, 4.69) is 31.6 Å². The molecule has 2 aromatic rings. The number of likely N-dealkylation sites (tertiary alicyclic amines) is 1. The van der Waals surface area contributed by atoms with Gasteiger partial charge in [0.15, 0.2) is 5.96 Å². The maximum absolute atomic E-state index is 14.2. The van der Waals surface area contributed by atoms with Gasteiger partial charge < -0.3 is 10.6 Å². The highest BCUT2D eigenvalue weighted by Crippen LogP contribution is 2.48. The summed E-state index contributed by atoms with van der Waals surface area (Å²) in [6.45, 7) is 3.71. The number of nitrogens with zero attached hydrogens (tertiary/aromatic N) is 3. The molecule has 0 unspecified atom stereocenters. The lowest BCUT2D eigenvalue weighted by atomic mass is 9.95. The minimum atomic E-state index is -0.102. The second-order valence-corrected chi connectivity index (χ2v) is 8.20. The van der Waals surface area contributed by atoms with Crippen LogP contribution in [0.4, 0.5) is 4.39 Å². The number of nitrogens with one attached hydrogen (secondary N) is 2. The molecule has 0 amide bonds. The first-order chi connectivity index (χ1) is 14.2. The van der Waals surface area contributed by atoms with Crippen LogP contribution < -0.4 is 10.6 Å². The molecule has 1 aliphatic heterocycles. The SMILES string of the molecule is CN=C(NCC1(c2ccccc2F)CC1)NC1CCN(Cc2ccccn2)CC1. The Morgan fingerprint density at radius 1 is 1.17 bits per heavy atom. The van der Waals surface area contributed by atoms with Gasteiger partial charge in [-0.15, -0.1) is 0 Å². The van der Waals surface area contributed by atoms with Crippen LogP contribution in [-0.4, -0.2) is 48.6 Å². The molecule has 1 aromatic heterocycles. The van der Waals surface area contributed by atoms with Gasteiger partial charge in [0.05, 0.1) is 5.69 Å². The van der Waals surface area contributed by atoms with Crippen molar-refractivity contribution in [1.29, 1.82) is 0 Å². The van der Waals surface area contributed by atoms with E-state index >= 15 is 0 Å². The van der Waals surface area contributed by atoms with E-state index in [4.69, 9.17) is 0 Å². The van der Waals surface area contributed by atoms with Gasteiger partial charge in [-0.3, -0.25) is 14.9 Å². The number of hydrogen-bond donors (Lipinski definition) is 2. The highest BCUT2D eigenvalue weighted by Gasteiger charge is 2.45. The van der Waals surface area contributed by atoms with Crippen LogP contribution in [0.5, 0.6) is 0 Å². The third kappa shape index (κ3) is 4.93. The fourth-order valence-corrected chi connectivity index (χ4v) is 4.18. The second kappa shape index (κ2) is 8.91. The number of piperidine rings is 1. The van der Waals surface area contributed by atoms with Crippen LogP contribution in [0.15, 0.2) is 53.7 Å². The number of pyridine rings is 1. The Labute approximate surface area is 172 Å². The molecule has 0 atom stereocenters. The summed E-state index contributed by atoms with van der Waals surface area (Å²) in [4.78, 5) is 11.3. The van der Waals surface area contributed by atoms with Crippen molar-refractivity contribution in [2.24, 2.45) is 4.99 Å². The topological polar surface area (TPSA) is 52.6 Å². The lowest BCUT2D eigenvalue weighted by Crippen LogP contribution is -2.49. The Morgan fingerprint density at radius 2 is 1.93 bits per heavy atom. The Hall–Kier alpha value is -2.47. The number of aromatic nitrogens is 1. The molecule has 2 N–H and O–H groups in total. The molecule has 0 bridgehead atoms. The summed E-state index contributed by atoms with van der Waals surface area (Å²) in [5.41, 5.74) is 1.86. The number of halogens is 1. The fraction of sp³-hybridized carbons (Fsp3) is 0.478. The van der Waals surface area contributed by atoms with Gasteiger partial charge >= 0.3 is 0 Å². The van der Waals surface area contributed by atoms with E-state index in [-0.39, 0.29) is 11.2 Å². The molecule has 6 heteroatoms. The van der Waals surface area contributed by atoms with Gasteiger partial charge in [-0.2, -0.15) is 0 Å². The Bertz CT molecular complexity index is 826. The van der Waals surface area contributed by atoms with Crippen molar-refractivity contribution in [3.63, 3.8) is 0 Å². The molecular weight excluding hydrogens is 365 g/mol. The standard InChI is InChI=1S/C23H30FN5/c1-25-22(27-17-23(11-12-23)20-7-2-3-8-21(20)24)28-18-9-14-29(15-10-18)16-19-6-4-5-13-26-19/h2-8,13,18H,9-12,14-17H2,1H3,(H2,25,27,28). The van der Waals surface area contributed by atoms with Crippen LogP contribution in [0, 0.1) is 5.82 Å². The molecule has 154 valence electrons. The van der Waals surface area contributed by atoms with E-state index < -0.39 is 0 Å². The molecular formula is C23H30FN5. The molecule has 4 rings (SSSR count). The van der Waals surface area contributed by atoms with E-state index in [1.54, 1.807) is 19.2 Å². The van der Waals surface area contributed by atoms with Gasteiger partial charge in [0.2, 0.25) is 0 Å². The molecule has 1 aromatic carbocycles. The Kier molecular flexibility index (Phi) is 6.09. The fourth-order valence-electron chi connectivity index (χ4n) is 4.18. The molecule has 1 aliphatic carbocycles. The first kappa shape index (κ1) is 19.8. The molecule has 0 spiro atoms. The molecule has 1 saturated heterocycles. The van der Waals surface area contributed by atoms with Crippen LogP contribution in [0.2, 0.25) is 0 Å². The monoisotopic (exact) mass is 395 g/mol. The summed E-state index contributed by atoms with van der Waals surface area (Å²) in [7, 11) is 1.80. The second-order valence-electron chi connectivity index (χ2n) is 8.20. The van der Waals surface area contributed by atoms with Crippen molar-refractivity contribution in [3.8, 4) is 0 Å². The molecule has 29 heavy (non-hydrogen) atoms. The highest BCUT2D eigenvalue weighted by atomic mass is 19.1. The molecule has 2 fully saturated rings. The van der Waals surface area contributed by atoms with Gasteiger partial charge in [0, 0.05) is 50.9 Å². The molecule has 2 heterocycles. The largest absolute Gasteiger partial charge is 0.356 e. The van der Waals surface area contributed by atoms with Gasteiger partial charge in [0.1, 0.15) is 5.82 Å². The smallest absolute Gasteiger partial charge is 0.191 e. The number of aliphatic imine (C=N–C) groups is 1. The van der Waals surface area contributed by atoms with Crippen LogP contribution in [-0.2, 0) is 12.0 Å². The van der Waals surface area contributed by atoms with E-state index in [9.17, 15) is 4.39 Å². The quantitative estimate of drug-likeness (QED) is 0.583. The molecule has 1 saturated carbocycles. The zero-order valence-corrected chi connectivity index (χ0v) is 17.1. The zero-order valence-electron chi connectivity index (χ0n) is 17.1. The normalized spacial score (nSPS) is 19.7. The van der Waals surface area contributed by atoms with Gasteiger partial charge in [-0.25, -0.2) is 4.39 Å². The molecule has 0 radical (unpaired) electrons. The lowest BCUT2D eigenvalue weighted by molar-refractivity contribution is 0.196. The Balaban J connectivity index is 1.25. The molecule has 2 aliphatic rings. The average molecular weight is 396 g/mol. The van der Waals surface area contributed by atoms with Crippen LogP contribution >= 0.6 is 0 Å². The van der Waals surface area contributed by atoms with Crippen molar-refractivity contribution >= 4 is 5.96 Å². The summed E-state index contributed by atoms with van der Waals surface area (Å²) in [6, 6.07) is 13.6. The van der Waals surface area contributed by atoms with Crippen LogP contribution in [0.3, 0.4) is 0 Å². The predicted molar refractivity (Wildman–Crippen MR) is 114 cm³/mol. The van der Waals surface area contributed by atoms with Gasteiger partial charge in [-0.05, 0) is 49.4 Å². The average Bonchev–Trinajstić information content (AvgIpc) is 3.54. The van der Waals surface area contributed by atoms with Gasteiger partial charge in [0.25, 0.3) is 0 Å². The van der Waals surface area contributed by atoms with Gasteiger partial charge in [-0.1, -0.05) is 24.3 Å². The van der Waals surface area contributed by atoms with E-state index in [1.165, 1.54) is 0 Å². The lowest BCUT2D eigenvalue weighted by Gasteiger charge is -2.33. The third-order valence-corrected chi connectivity index (χ3v) is 6.16. The van der Waals surface area contributed by atoms with Crippen molar-refractivity contribution in [2.75, 3.05) is 26.7 Å². The number of benzene rings is 1. The number of rotatable bonds is 6.